The van der Waals surface area contributed by atoms with Crippen LogP contribution in [0.3, 0.4) is 0 Å². The first-order chi connectivity index (χ1) is 16.8. The fraction of sp³-hybridized carbons (Fsp3) is 0.154. The monoisotopic (exact) mass is 508 g/mol. The lowest BCUT2D eigenvalue weighted by Crippen LogP contribution is -2.32. The number of pyridine rings is 1. The highest BCUT2D eigenvalue weighted by molar-refractivity contribution is 7.92. The molecule has 7 nitrogen and oxygen atoms in total. The maximum Gasteiger partial charge on any atom is 0.340 e. The topological polar surface area (TPSA) is 85.8 Å². The van der Waals surface area contributed by atoms with Crippen molar-refractivity contribution in [2.24, 2.45) is 0 Å². The number of esters is 1. The van der Waals surface area contributed by atoms with Crippen LogP contribution in [0.5, 0.6) is 5.75 Å². The molecule has 4 rings (SSSR count). The third kappa shape index (κ3) is 5.06. The SMILES string of the molecule is COC(=O)c1cc(C)cc(-c2cccs2)c1N(Cc1cccnc1)S(=O)(=O)c1ccc(OC)cc1. The van der Waals surface area contributed by atoms with Crippen molar-refractivity contribution in [2.45, 2.75) is 18.4 Å². The lowest BCUT2D eigenvalue weighted by Gasteiger charge is -2.29. The molecule has 0 atom stereocenters. The van der Waals surface area contributed by atoms with Gasteiger partial charge in [-0.05, 0) is 72.0 Å². The normalized spacial score (nSPS) is 11.2. The van der Waals surface area contributed by atoms with Gasteiger partial charge in [0.2, 0.25) is 0 Å². The molecule has 0 spiro atoms. The Bertz CT molecular complexity index is 1420. The Labute approximate surface area is 208 Å². The number of thiophene rings is 1. The molecule has 35 heavy (non-hydrogen) atoms. The zero-order chi connectivity index (χ0) is 25.0. The van der Waals surface area contributed by atoms with Gasteiger partial charge < -0.3 is 9.47 Å². The Morgan fingerprint density at radius 2 is 1.83 bits per heavy atom. The molecule has 0 bridgehead atoms. The zero-order valence-corrected chi connectivity index (χ0v) is 21.1. The van der Waals surface area contributed by atoms with Crippen molar-refractivity contribution in [3.63, 3.8) is 0 Å². The highest BCUT2D eigenvalue weighted by atomic mass is 32.2. The molecule has 0 aliphatic heterocycles. The first kappa shape index (κ1) is 24.4. The summed E-state index contributed by atoms with van der Waals surface area (Å²) in [6.45, 7) is 1.82. The van der Waals surface area contributed by atoms with E-state index in [2.05, 4.69) is 4.98 Å². The molecule has 180 valence electrons. The van der Waals surface area contributed by atoms with Crippen LogP contribution in [0.25, 0.3) is 10.4 Å². The number of aryl methyl sites for hydroxylation is 1. The number of hydrogen-bond donors (Lipinski definition) is 0. The second kappa shape index (κ2) is 10.3. The molecule has 0 saturated heterocycles. The predicted molar refractivity (Wildman–Crippen MR) is 136 cm³/mol. The Morgan fingerprint density at radius 3 is 2.43 bits per heavy atom. The van der Waals surface area contributed by atoms with E-state index in [0.29, 0.717) is 16.9 Å². The van der Waals surface area contributed by atoms with Gasteiger partial charge >= 0.3 is 5.97 Å². The van der Waals surface area contributed by atoms with Crippen molar-refractivity contribution < 1.29 is 22.7 Å². The van der Waals surface area contributed by atoms with Gasteiger partial charge in [0.25, 0.3) is 10.0 Å². The molecule has 0 N–H and O–H groups in total. The molecule has 0 unspecified atom stereocenters. The smallest absolute Gasteiger partial charge is 0.340 e. The number of nitrogens with zero attached hydrogens (tertiary/aromatic N) is 2. The summed E-state index contributed by atoms with van der Waals surface area (Å²) >= 11 is 1.46. The Kier molecular flexibility index (Phi) is 7.18. The first-order valence-electron chi connectivity index (χ1n) is 10.7. The van der Waals surface area contributed by atoms with Gasteiger partial charge in [0, 0.05) is 22.8 Å². The van der Waals surface area contributed by atoms with Crippen LogP contribution in [-0.2, 0) is 21.3 Å². The molecule has 0 fully saturated rings. The second-order valence-electron chi connectivity index (χ2n) is 7.73. The summed E-state index contributed by atoms with van der Waals surface area (Å²) in [6, 6.07) is 17.0. The number of carbonyl (C=O) groups excluding carboxylic acids is 1. The number of rotatable bonds is 8. The van der Waals surface area contributed by atoms with Gasteiger partial charge in [0.1, 0.15) is 5.75 Å². The number of ether oxygens (including phenoxy) is 2. The highest BCUT2D eigenvalue weighted by Crippen LogP contribution is 2.41. The molecular weight excluding hydrogens is 484 g/mol. The van der Waals surface area contributed by atoms with Crippen LogP contribution in [0.15, 0.2) is 83.3 Å². The van der Waals surface area contributed by atoms with Gasteiger partial charge in [-0.25, -0.2) is 13.2 Å². The lowest BCUT2D eigenvalue weighted by atomic mass is 10.0. The van der Waals surface area contributed by atoms with Gasteiger partial charge in [-0.2, -0.15) is 0 Å². The molecule has 2 aromatic heterocycles. The average molecular weight is 509 g/mol. The molecule has 4 aromatic rings. The van der Waals surface area contributed by atoms with Gasteiger partial charge in [-0.3, -0.25) is 9.29 Å². The van der Waals surface area contributed by atoms with E-state index in [1.54, 1.807) is 42.7 Å². The summed E-state index contributed by atoms with van der Waals surface area (Å²) in [7, 11) is -1.33. The quantitative estimate of drug-likeness (QED) is 0.300. The van der Waals surface area contributed by atoms with Crippen molar-refractivity contribution in [1.29, 1.82) is 0 Å². The third-order valence-corrected chi connectivity index (χ3v) is 8.05. The van der Waals surface area contributed by atoms with Crippen LogP contribution in [0.1, 0.15) is 21.5 Å². The Balaban J connectivity index is 2.01. The first-order valence-corrected chi connectivity index (χ1v) is 13.0. The molecular formula is C26H24N2O5S2. The minimum Gasteiger partial charge on any atom is -0.497 e. The van der Waals surface area contributed by atoms with Gasteiger partial charge in [0.15, 0.2) is 0 Å². The van der Waals surface area contributed by atoms with E-state index >= 15 is 0 Å². The van der Waals surface area contributed by atoms with Crippen molar-refractivity contribution in [1.82, 2.24) is 4.98 Å². The summed E-state index contributed by atoms with van der Waals surface area (Å²) < 4.78 is 39.8. The number of hydrogen-bond acceptors (Lipinski definition) is 7. The van der Waals surface area contributed by atoms with Crippen LogP contribution >= 0.6 is 11.3 Å². The fourth-order valence-corrected chi connectivity index (χ4v) is 5.98. The summed E-state index contributed by atoms with van der Waals surface area (Å²) in [5.74, 6) is -0.0877. The maximum atomic E-state index is 14.1. The van der Waals surface area contributed by atoms with E-state index in [9.17, 15) is 13.2 Å². The number of methoxy groups -OCH3 is 2. The maximum absolute atomic E-state index is 14.1. The van der Waals surface area contributed by atoms with Gasteiger partial charge in [-0.1, -0.05) is 12.1 Å². The third-order valence-electron chi connectivity index (χ3n) is 5.39. The zero-order valence-electron chi connectivity index (χ0n) is 19.5. The molecule has 2 heterocycles. The van der Waals surface area contributed by atoms with Gasteiger partial charge in [0.05, 0.1) is 36.9 Å². The van der Waals surface area contributed by atoms with Crippen LogP contribution in [0.2, 0.25) is 0 Å². The second-order valence-corrected chi connectivity index (χ2v) is 10.5. The highest BCUT2D eigenvalue weighted by Gasteiger charge is 2.32. The predicted octanol–water partition coefficient (Wildman–Crippen LogP) is 5.31. The average Bonchev–Trinajstić information content (AvgIpc) is 3.42. The lowest BCUT2D eigenvalue weighted by molar-refractivity contribution is 0.0601. The van der Waals surface area contributed by atoms with Crippen LogP contribution in [0, 0.1) is 6.92 Å². The Morgan fingerprint density at radius 1 is 1.06 bits per heavy atom. The summed E-state index contributed by atoms with van der Waals surface area (Å²) in [4.78, 5) is 18.0. The minimum absolute atomic E-state index is 0.0341. The van der Waals surface area contributed by atoms with Crippen molar-refractivity contribution in [3.8, 4) is 16.2 Å². The van der Waals surface area contributed by atoms with E-state index < -0.39 is 16.0 Å². The molecule has 2 aromatic carbocycles. The number of sulfonamides is 1. The molecule has 0 amide bonds. The van der Waals surface area contributed by atoms with Crippen LogP contribution in [-0.4, -0.2) is 33.6 Å². The standard InChI is InChI=1S/C26H24N2O5S2/c1-18-14-22(24-7-5-13-34-24)25(23(15-18)26(29)33-3)28(17-19-6-4-12-27-16-19)35(30,31)21-10-8-20(32-2)9-11-21/h4-16H,17H2,1-3H3. The molecule has 0 aliphatic rings. The van der Waals surface area contributed by atoms with Crippen LogP contribution in [0.4, 0.5) is 5.69 Å². The van der Waals surface area contributed by atoms with Crippen LogP contribution < -0.4 is 9.04 Å². The summed E-state index contributed by atoms with van der Waals surface area (Å²) in [6.07, 6.45) is 3.22. The molecule has 9 heteroatoms. The Hall–Kier alpha value is -3.69. The minimum atomic E-state index is -4.12. The largest absolute Gasteiger partial charge is 0.497 e. The van der Waals surface area contributed by atoms with Crippen molar-refractivity contribution in [3.05, 3.63) is 95.1 Å². The van der Waals surface area contributed by atoms with Crippen molar-refractivity contribution >= 4 is 33.0 Å². The summed E-state index contributed by atoms with van der Waals surface area (Å²) in [5, 5.41) is 1.91. The van der Waals surface area contributed by atoms with E-state index in [1.165, 1.54) is 42.0 Å². The molecule has 0 saturated carbocycles. The number of aromatic nitrogens is 1. The van der Waals surface area contributed by atoms with Gasteiger partial charge in [-0.15, -0.1) is 11.3 Å². The van der Waals surface area contributed by atoms with E-state index in [4.69, 9.17) is 9.47 Å². The van der Waals surface area contributed by atoms with E-state index in [0.717, 1.165) is 10.4 Å². The molecule has 0 radical (unpaired) electrons. The van der Waals surface area contributed by atoms with E-state index in [-0.39, 0.29) is 22.7 Å². The number of benzene rings is 2. The number of carbonyl (C=O) groups is 1. The fourth-order valence-electron chi connectivity index (χ4n) is 3.75. The molecule has 0 aliphatic carbocycles. The summed E-state index contributed by atoms with van der Waals surface area (Å²) in [5.41, 5.74) is 2.52. The van der Waals surface area contributed by atoms with Crippen molar-refractivity contribution in [2.75, 3.05) is 18.5 Å². The number of anilines is 1. The van der Waals surface area contributed by atoms with E-state index in [1.807, 2.05) is 30.5 Å².